The second kappa shape index (κ2) is 13.5. The fraction of sp³-hybridized carbons (Fsp3) is 0.387. The van der Waals surface area contributed by atoms with Gasteiger partial charge in [0, 0.05) is 63.6 Å². The van der Waals surface area contributed by atoms with Crippen molar-refractivity contribution < 1.29 is 37.8 Å². The number of fused-ring (bicyclic) bond motifs is 1. The van der Waals surface area contributed by atoms with Crippen molar-refractivity contribution in [3.8, 4) is 17.1 Å². The predicted octanol–water partition coefficient (Wildman–Crippen LogP) is 3.09. The highest BCUT2D eigenvalue weighted by atomic mass is 31.2. The molecular weight excluding hydrogens is 615 g/mol. The molecule has 0 spiro atoms. The molecule has 6 rings (SSSR count). The van der Waals surface area contributed by atoms with Crippen molar-refractivity contribution >= 4 is 31.3 Å². The fourth-order valence-electron chi connectivity index (χ4n) is 5.68. The number of benzene rings is 2. The topological polar surface area (TPSA) is 164 Å². The molecule has 2 aromatic carbocycles. The Bertz CT molecular complexity index is 1650. The summed E-state index contributed by atoms with van der Waals surface area (Å²) in [5, 5.41) is 12.1. The molecule has 2 saturated heterocycles. The molecule has 3 aliphatic heterocycles. The van der Waals surface area contributed by atoms with Crippen LogP contribution in [0.4, 0.5) is 10.6 Å². The van der Waals surface area contributed by atoms with Gasteiger partial charge < -0.3 is 34.4 Å². The molecule has 0 aliphatic carbocycles. The van der Waals surface area contributed by atoms with Gasteiger partial charge in [0.25, 0.3) is 5.91 Å². The van der Waals surface area contributed by atoms with Crippen molar-refractivity contribution in [3.63, 3.8) is 0 Å². The van der Waals surface area contributed by atoms with E-state index in [2.05, 4.69) is 10.3 Å². The van der Waals surface area contributed by atoms with Gasteiger partial charge in [-0.15, -0.1) is 0 Å². The lowest BCUT2D eigenvalue weighted by Crippen LogP contribution is -2.56. The van der Waals surface area contributed by atoms with Gasteiger partial charge in [0.1, 0.15) is 23.3 Å². The second-order valence-electron chi connectivity index (χ2n) is 11.3. The van der Waals surface area contributed by atoms with Crippen molar-refractivity contribution in [2.24, 2.45) is 0 Å². The number of carboxylic acid groups (broad SMARTS) is 1. The summed E-state index contributed by atoms with van der Waals surface area (Å²) in [6.07, 6.45) is -0.690. The predicted molar refractivity (Wildman–Crippen MR) is 167 cm³/mol. The number of aromatic nitrogens is 2. The van der Waals surface area contributed by atoms with E-state index in [9.17, 15) is 24.1 Å². The molecule has 46 heavy (non-hydrogen) atoms. The normalized spacial score (nSPS) is 21.7. The maximum atomic E-state index is 13.9. The van der Waals surface area contributed by atoms with Gasteiger partial charge in [0.2, 0.25) is 5.91 Å². The molecule has 3 aromatic rings. The van der Waals surface area contributed by atoms with Gasteiger partial charge in [-0.1, -0.05) is 48.5 Å². The number of hydrogen-bond donors (Lipinski definition) is 2. The Morgan fingerprint density at radius 3 is 2.46 bits per heavy atom. The Morgan fingerprint density at radius 1 is 1.02 bits per heavy atom. The third kappa shape index (κ3) is 6.99. The van der Waals surface area contributed by atoms with Crippen LogP contribution in [-0.2, 0) is 25.2 Å². The molecule has 14 nitrogen and oxygen atoms in total. The zero-order valence-corrected chi connectivity index (χ0v) is 26.2. The van der Waals surface area contributed by atoms with Crippen LogP contribution in [0, 0.1) is 0 Å². The summed E-state index contributed by atoms with van der Waals surface area (Å²) in [7, 11) is -2.24. The van der Waals surface area contributed by atoms with Crippen LogP contribution in [-0.4, -0.2) is 107 Å². The highest BCUT2D eigenvalue weighted by Crippen LogP contribution is 2.54. The lowest BCUT2D eigenvalue weighted by atomic mass is 10.2. The molecule has 1 aromatic heterocycles. The second-order valence-corrected chi connectivity index (χ2v) is 13.3. The van der Waals surface area contributed by atoms with Crippen LogP contribution >= 0.6 is 7.60 Å². The fourth-order valence-corrected chi connectivity index (χ4v) is 7.42. The van der Waals surface area contributed by atoms with Gasteiger partial charge in [0.15, 0.2) is 5.82 Å². The molecule has 2 fully saturated rings. The molecular formula is C31H35N6O8P. The number of amides is 3. The molecule has 3 aliphatic rings. The van der Waals surface area contributed by atoms with Gasteiger partial charge in [-0.3, -0.25) is 14.1 Å². The molecule has 3 atom stereocenters. The molecule has 0 radical (unpaired) electrons. The monoisotopic (exact) mass is 650 g/mol. The minimum Gasteiger partial charge on any atom is -0.465 e. The summed E-state index contributed by atoms with van der Waals surface area (Å²) in [6.45, 7) is 1.71. The molecule has 1 unspecified atom stereocenters. The number of rotatable bonds is 8. The van der Waals surface area contributed by atoms with E-state index in [0.717, 1.165) is 6.42 Å². The van der Waals surface area contributed by atoms with E-state index < -0.39 is 37.7 Å². The quantitative estimate of drug-likeness (QED) is 0.345. The van der Waals surface area contributed by atoms with Crippen LogP contribution in [0.3, 0.4) is 0 Å². The van der Waals surface area contributed by atoms with Crippen LogP contribution in [0.1, 0.15) is 22.5 Å². The molecule has 15 heteroatoms. The number of anilines is 1. The number of methoxy groups -OCH3 is 1. The summed E-state index contributed by atoms with van der Waals surface area (Å²) in [5.41, 5.74) is 1.44. The Balaban J connectivity index is 1.29. The van der Waals surface area contributed by atoms with E-state index in [4.69, 9.17) is 18.8 Å². The smallest absolute Gasteiger partial charge is 0.407 e. The summed E-state index contributed by atoms with van der Waals surface area (Å²) < 4.78 is 30.9. The number of nitrogens with one attached hydrogen (secondary N) is 1. The zero-order valence-electron chi connectivity index (χ0n) is 25.3. The first-order valence-corrected chi connectivity index (χ1v) is 16.7. The molecule has 2 N–H and O–H groups in total. The van der Waals surface area contributed by atoms with Crippen LogP contribution in [0.15, 0.2) is 60.7 Å². The average molecular weight is 651 g/mol. The average Bonchev–Trinajstić information content (AvgIpc) is 3.57. The van der Waals surface area contributed by atoms with Gasteiger partial charge >= 0.3 is 13.7 Å². The van der Waals surface area contributed by atoms with E-state index in [1.807, 2.05) is 41.3 Å². The van der Waals surface area contributed by atoms with E-state index >= 15 is 0 Å². The number of nitrogens with zero attached hydrogens (tertiary/aromatic N) is 5. The maximum Gasteiger partial charge on any atom is 0.407 e. The Morgan fingerprint density at radius 2 is 1.74 bits per heavy atom. The van der Waals surface area contributed by atoms with Crippen LogP contribution < -0.4 is 14.7 Å². The van der Waals surface area contributed by atoms with Crippen molar-refractivity contribution in [1.29, 1.82) is 0 Å². The summed E-state index contributed by atoms with van der Waals surface area (Å²) >= 11 is 0. The highest BCUT2D eigenvalue weighted by molar-refractivity contribution is 7.54. The number of piperazine rings is 1. The largest absolute Gasteiger partial charge is 0.465 e. The molecule has 0 saturated carbocycles. The van der Waals surface area contributed by atoms with Gasteiger partial charge in [-0.25, -0.2) is 19.3 Å². The highest BCUT2D eigenvalue weighted by Gasteiger charge is 2.40. The van der Waals surface area contributed by atoms with Gasteiger partial charge in [-0.05, 0) is 12.5 Å². The van der Waals surface area contributed by atoms with Crippen molar-refractivity contribution in [2.75, 3.05) is 57.4 Å². The number of para-hydroxylation sites is 1. The third-order valence-corrected chi connectivity index (χ3v) is 10.1. The summed E-state index contributed by atoms with van der Waals surface area (Å²) in [4.78, 5) is 53.2. The molecule has 3 amide bonds. The summed E-state index contributed by atoms with van der Waals surface area (Å²) in [5.74, 6) is 0.0573. The first-order chi connectivity index (χ1) is 22.2. The minimum absolute atomic E-state index is 0.0207. The minimum atomic E-state index is -3.90. The zero-order chi connectivity index (χ0) is 32.3. The number of hydrogen-bond acceptors (Lipinski definition) is 10. The summed E-state index contributed by atoms with van der Waals surface area (Å²) in [6, 6.07) is 16.5. The number of carbonyl (C=O) groups excluding carboxylic acids is 2. The SMILES string of the molecule is CO[C@H]1CCN(c2cc(C(=O)N[C@@H](CP3(=O)OCc4ccccc4O3)C(=O)N3CCN(C(=O)O)CC3)nc(-c3ccccc3)n2)C1. The first kappa shape index (κ1) is 31.5. The molecule has 242 valence electrons. The van der Waals surface area contributed by atoms with Crippen molar-refractivity contribution in [3.05, 3.63) is 71.9 Å². The Labute approximate surface area is 265 Å². The number of carbonyl (C=O) groups is 3. The van der Waals surface area contributed by atoms with Crippen LogP contribution in [0.2, 0.25) is 0 Å². The van der Waals surface area contributed by atoms with E-state index in [1.165, 1.54) is 9.80 Å². The maximum absolute atomic E-state index is 13.9. The number of ether oxygens (including phenoxy) is 1. The van der Waals surface area contributed by atoms with Crippen LogP contribution in [0.5, 0.6) is 5.75 Å². The van der Waals surface area contributed by atoms with Gasteiger partial charge in [0.05, 0.1) is 18.9 Å². The van der Waals surface area contributed by atoms with E-state index in [1.54, 1.807) is 31.4 Å². The molecule has 4 heterocycles. The van der Waals surface area contributed by atoms with E-state index in [0.29, 0.717) is 41.6 Å². The first-order valence-electron chi connectivity index (χ1n) is 15.0. The molecule has 0 bridgehead atoms. The van der Waals surface area contributed by atoms with Crippen LogP contribution in [0.25, 0.3) is 11.4 Å². The van der Waals surface area contributed by atoms with Gasteiger partial charge in [-0.2, -0.15) is 0 Å². The standard InChI is InChI=1S/C31H35N6O8P/c1-43-23-11-12-37(18-23)27-17-24(32-28(34-27)21-7-3-2-4-8-21)29(38)33-25(30(39)35-13-15-36(16-14-35)31(40)41)20-46(42)44-19-22-9-5-6-10-26(22)45-46/h2-10,17,23,25H,11-16,18-20H2,1H3,(H,33,38)(H,40,41)/t23-,25-,46?/m0/s1. The Kier molecular flexibility index (Phi) is 9.20. The lowest BCUT2D eigenvalue weighted by Gasteiger charge is -2.36. The van der Waals surface area contributed by atoms with Crippen molar-refractivity contribution in [1.82, 2.24) is 25.1 Å². The lowest BCUT2D eigenvalue weighted by molar-refractivity contribution is -0.134. The Hall–Kier alpha value is -4.52. The van der Waals surface area contributed by atoms with E-state index in [-0.39, 0.29) is 44.6 Å². The third-order valence-electron chi connectivity index (χ3n) is 8.28. The van der Waals surface area contributed by atoms with Crippen molar-refractivity contribution in [2.45, 2.75) is 25.2 Å².